The fourth-order valence-corrected chi connectivity index (χ4v) is 6.79. The van der Waals surface area contributed by atoms with Crippen LogP contribution in [0, 0.1) is 0 Å². The van der Waals surface area contributed by atoms with Crippen LogP contribution in [-0.2, 0) is 40.1 Å². The van der Waals surface area contributed by atoms with E-state index >= 15 is 4.39 Å². The number of nitrogen functional groups attached to an aromatic ring is 2. The van der Waals surface area contributed by atoms with Gasteiger partial charge in [-0.3, -0.25) is 23.4 Å². The molecule has 19 nitrogen and oxygen atoms in total. The second-order valence-corrected chi connectivity index (χ2v) is 13.1. The summed E-state index contributed by atoms with van der Waals surface area (Å²) < 4.78 is 41.4. The number of anilines is 2. The number of halogens is 1. The number of nitrogens with one attached hydrogen (secondary N) is 1. The Bertz CT molecular complexity index is 1820. The number of aromatic nitrogens is 8. The van der Waals surface area contributed by atoms with Gasteiger partial charge in [-0.15, -0.1) is 0 Å². The zero-order valence-corrected chi connectivity index (χ0v) is 23.7. The third-order valence-corrected chi connectivity index (χ3v) is 8.98. The number of rotatable bonds is 8. The van der Waals surface area contributed by atoms with Crippen molar-refractivity contribution in [2.45, 2.75) is 55.6 Å². The molecule has 3 saturated heterocycles. The van der Waals surface area contributed by atoms with E-state index in [1.165, 1.54) is 23.5 Å². The number of imidazole rings is 2. The minimum absolute atomic E-state index is 0.0389. The SMILES string of the molecule is C[C@]1(COP(O)(=S)O[C@@H]2[C@H](F)[C@@H](CO)O[C@H]2n2cnc3c(=O)[nH]c(N)nc32)O[C@@H](n2cnc3c(N)ncnc32)[C@@H]2OO[C@@H]21. The number of aliphatic hydroxyl groups is 1. The first-order chi connectivity index (χ1) is 20.5. The predicted octanol–water partition coefficient (Wildman–Crippen LogP) is -1.04. The Kier molecular flexibility index (Phi) is 6.74. The van der Waals surface area contributed by atoms with E-state index in [-0.39, 0.29) is 29.5 Å². The molecule has 7 rings (SSSR count). The molecule has 0 aliphatic carbocycles. The Labute approximate surface area is 244 Å². The minimum atomic E-state index is -4.23. The summed E-state index contributed by atoms with van der Waals surface area (Å²) in [6.45, 7) is -3.65. The van der Waals surface area contributed by atoms with Crippen LogP contribution in [-0.4, -0.2) is 98.4 Å². The number of alkyl halides is 1. The summed E-state index contributed by atoms with van der Waals surface area (Å²) in [4.78, 5) is 56.6. The molecular formula is C21H24FN10O9PS. The number of H-pyrrole nitrogens is 1. The van der Waals surface area contributed by atoms with Crippen LogP contribution in [0.4, 0.5) is 16.2 Å². The fraction of sp³-hybridized carbons (Fsp3) is 0.524. The van der Waals surface area contributed by atoms with Crippen molar-refractivity contribution in [3.05, 3.63) is 29.3 Å². The molecule has 0 saturated carbocycles. The van der Waals surface area contributed by atoms with Crippen molar-refractivity contribution >= 4 is 52.6 Å². The van der Waals surface area contributed by atoms with Crippen LogP contribution in [0.2, 0.25) is 0 Å². The number of aromatic amines is 1. The quantitative estimate of drug-likeness (QED) is 0.114. The average Bonchev–Trinajstić information content (AvgIpc) is 3.66. The highest BCUT2D eigenvalue weighted by molar-refractivity contribution is 8.07. The molecule has 0 bridgehead atoms. The molecule has 9 atom stereocenters. The van der Waals surface area contributed by atoms with Crippen molar-refractivity contribution in [3.8, 4) is 0 Å². The Morgan fingerprint density at radius 2 is 1.91 bits per heavy atom. The van der Waals surface area contributed by atoms with Crippen molar-refractivity contribution in [2.75, 3.05) is 24.7 Å². The van der Waals surface area contributed by atoms with E-state index in [1.54, 1.807) is 11.5 Å². The number of hydrogen-bond acceptors (Lipinski definition) is 16. The molecule has 3 aliphatic heterocycles. The lowest BCUT2D eigenvalue weighted by Crippen LogP contribution is -2.53. The third-order valence-electron chi connectivity index (χ3n) is 7.44. The highest BCUT2D eigenvalue weighted by Gasteiger charge is 2.62. The number of aliphatic hydroxyl groups excluding tert-OH is 1. The van der Waals surface area contributed by atoms with Crippen LogP contribution in [0.15, 0.2) is 23.8 Å². The van der Waals surface area contributed by atoms with Crippen molar-refractivity contribution in [1.82, 2.24) is 39.0 Å². The molecule has 230 valence electrons. The normalized spacial score (nSPS) is 33.5. The first-order valence-electron chi connectivity index (χ1n) is 12.7. The summed E-state index contributed by atoms with van der Waals surface area (Å²) in [7, 11) is 0. The van der Waals surface area contributed by atoms with Gasteiger partial charge in [0.15, 0.2) is 53.5 Å². The fourth-order valence-electron chi connectivity index (χ4n) is 5.32. The zero-order valence-electron chi connectivity index (χ0n) is 22.0. The van der Waals surface area contributed by atoms with E-state index in [0.717, 1.165) is 0 Å². The first-order valence-corrected chi connectivity index (χ1v) is 15.3. The van der Waals surface area contributed by atoms with Crippen molar-refractivity contribution in [1.29, 1.82) is 0 Å². The van der Waals surface area contributed by atoms with Crippen LogP contribution in [0.1, 0.15) is 19.4 Å². The van der Waals surface area contributed by atoms with Gasteiger partial charge in [0.1, 0.15) is 29.7 Å². The van der Waals surface area contributed by atoms with E-state index in [2.05, 4.69) is 29.9 Å². The Balaban J connectivity index is 1.11. The average molecular weight is 643 g/mol. The molecule has 0 aromatic carbocycles. The first kappa shape index (κ1) is 28.5. The Morgan fingerprint density at radius 1 is 1.16 bits per heavy atom. The van der Waals surface area contributed by atoms with Gasteiger partial charge in [-0.25, -0.2) is 34.1 Å². The van der Waals surface area contributed by atoms with Gasteiger partial charge < -0.3 is 35.5 Å². The summed E-state index contributed by atoms with van der Waals surface area (Å²) in [5.41, 5.74) is 10.3. The van der Waals surface area contributed by atoms with Crippen LogP contribution in [0.3, 0.4) is 0 Å². The summed E-state index contributed by atoms with van der Waals surface area (Å²) in [5, 5.41) is 9.68. The number of nitrogens with two attached hydrogens (primary N) is 2. The van der Waals surface area contributed by atoms with Gasteiger partial charge in [-0.05, 0) is 18.7 Å². The van der Waals surface area contributed by atoms with Gasteiger partial charge in [0.2, 0.25) is 5.95 Å². The second-order valence-electron chi connectivity index (χ2n) is 10.3. The van der Waals surface area contributed by atoms with E-state index < -0.39 is 67.5 Å². The lowest BCUT2D eigenvalue weighted by atomic mass is 9.97. The van der Waals surface area contributed by atoms with Gasteiger partial charge in [0.25, 0.3) is 5.56 Å². The molecule has 7 N–H and O–H groups in total. The zero-order chi connectivity index (χ0) is 30.3. The highest BCUT2D eigenvalue weighted by Crippen LogP contribution is 2.53. The van der Waals surface area contributed by atoms with Gasteiger partial charge >= 0.3 is 6.72 Å². The number of hydrogen-bond donors (Lipinski definition) is 5. The van der Waals surface area contributed by atoms with Crippen molar-refractivity contribution in [2.24, 2.45) is 0 Å². The molecule has 3 fully saturated rings. The Morgan fingerprint density at radius 3 is 2.63 bits per heavy atom. The maximum absolute atomic E-state index is 15.4. The molecule has 4 aromatic heterocycles. The minimum Gasteiger partial charge on any atom is -0.394 e. The van der Waals surface area contributed by atoms with Crippen LogP contribution < -0.4 is 17.0 Å². The summed E-state index contributed by atoms with van der Waals surface area (Å²) in [6, 6.07) is 0. The van der Waals surface area contributed by atoms with Crippen LogP contribution in [0.25, 0.3) is 22.3 Å². The summed E-state index contributed by atoms with van der Waals surface area (Å²) in [5.74, 6) is -0.0316. The van der Waals surface area contributed by atoms with Crippen molar-refractivity contribution in [3.63, 3.8) is 0 Å². The molecule has 0 spiro atoms. The van der Waals surface area contributed by atoms with Gasteiger partial charge in [0.05, 0.1) is 25.9 Å². The van der Waals surface area contributed by atoms with E-state index in [1.807, 2.05) is 0 Å². The van der Waals surface area contributed by atoms with E-state index in [0.29, 0.717) is 11.2 Å². The molecular weight excluding hydrogens is 618 g/mol. The molecule has 4 aromatic rings. The molecule has 43 heavy (non-hydrogen) atoms. The van der Waals surface area contributed by atoms with E-state index in [9.17, 15) is 14.8 Å². The van der Waals surface area contributed by atoms with Gasteiger partial charge in [-0.2, -0.15) is 4.98 Å². The molecule has 7 heterocycles. The van der Waals surface area contributed by atoms with Gasteiger partial charge in [-0.1, -0.05) is 0 Å². The highest BCUT2D eigenvalue weighted by atomic mass is 32.5. The molecule has 0 amide bonds. The van der Waals surface area contributed by atoms with Crippen molar-refractivity contribution < 1.29 is 42.7 Å². The molecule has 1 unspecified atom stereocenters. The molecule has 3 aliphatic rings. The number of ether oxygens (including phenoxy) is 2. The summed E-state index contributed by atoms with van der Waals surface area (Å²) >= 11 is 5.23. The lowest BCUT2D eigenvalue weighted by molar-refractivity contribution is -0.468. The van der Waals surface area contributed by atoms with Crippen LogP contribution >= 0.6 is 6.72 Å². The molecule has 22 heteroatoms. The van der Waals surface area contributed by atoms with Crippen LogP contribution in [0.5, 0.6) is 0 Å². The smallest absolute Gasteiger partial charge is 0.325 e. The third kappa shape index (κ3) is 4.60. The maximum Gasteiger partial charge on any atom is 0.325 e. The number of nitrogens with zero attached hydrogens (tertiary/aromatic N) is 7. The maximum atomic E-state index is 15.4. The topological polar surface area (TPSA) is 255 Å². The van der Waals surface area contributed by atoms with Gasteiger partial charge in [0, 0.05) is 0 Å². The Hall–Kier alpha value is -3.24. The summed E-state index contributed by atoms with van der Waals surface area (Å²) in [6.07, 6.45) is -4.39. The lowest BCUT2D eigenvalue weighted by Gasteiger charge is -2.36. The second kappa shape index (κ2) is 10.2. The van der Waals surface area contributed by atoms with E-state index in [4.69, 9.17) is 51.6 Å². The predicted molar refractivity (Wildman–Crippen MR) is 144 cm³/mol. The number of fused-ring (bicyclic) bond motifs is 3. The standard InChI is InChI=1S/C21H24FN10O9PS/c1-21(13-12(39-40-13)19(38-21)31-5-27-9-14(23)25-4-26-15(9)31)3-36-42(35,43)41-11-8(22)7(2-33)37-18(11)32-6-28-10-16(32)29-20(24)30-17(10)34/h4-8,11-13,18-19,33H,2-3H2,1H3,(H,35,43)(H2,23,25,26)(H3,24,29,30,34)/t7-,8-,11-,12-,13+,18-,19-,21-,42?/m1/s1. The molecule has 0 radical (unpaired) electrons. The monoisotopic (exact) mass is 642 g/mol. The largest absolute Gasteiger partial charge is 0.394 e.